The number of benzene rings is 1. The smallest absolute Gasteiger partial charge is 0.348 e. The lowest BCUT2D eigenvalue weighted by molar-refractivity contribution is -0.163. The van der Waals surface area contributed by atoms with Gasteiger partial charge in [-0.2, -0.15) is 0 Å². The highest BCUT2D eigenvalue weighted by Gasteiger charge is 2.47. The van der Waals surface area contributed by atoms with Gasteiger partial charge in [-0.3, -0.25) is 0 Å². The van der Waals surface area contributed by atoms with Crippen LogP contribution in [0.2, 0.25) is 0 Å². The van der Waals surface area contributed by atoms with E-state index in [0.29, 0.717) is 24.3 Å². The molecule has 1 aliphatic rings. The van der Waals surface area contributed by atoms with Crippen molar-refractivity contribution >= 4 is 11.7 Å². The van der Waals surface area contributed by atoms with Gasteiger partial charge in [0.25, 0.3) is 0 Å². The van der Waals surface area contributed by atoms with Crippen LogP contribution in [0.1, 0.15) is 19.3 Å². The number of hydrogen-bond donors (Lipinski definition) is 2. The molecule has 1 aliphatic carbocycles. The number of hydrogen-bond acceptors (Lipinski definition) is 3. The lowest BCUT2D eigenvalue weighted by Gasteiger charge is -2.37. The summed E-state index contributed by atoms with van der Waals surface area (Å²) in [5.74, 6) is -0.322. The van der Waals surface area contributed by atoms with E-state index >= 15 is 0 Å². The number of nitrogen functional groups attached to an aromatic ring is 1. The van der Waals surface area contributed by atoms with Gasteiger partial charge in [-0.25, -0.2) is 4.79 Å². The Kier molecular flexibility index (Phi) is 2.26. The summed E-state index contributed by atoms with van der Waals surface area (Å²) < 4.78 is 5.50. The first-order chi connectivity index (χ1) is 7.12. The Bertz CT molecular complexity index is 368. The van der Waals surface area contributed by atoms with Gasteiger partial charge in [0, 0.05) is 5.69 Å². The van der Waals surface area contributed by atoms with E-state index in [1.54, 1.807) is 24.3 Å². The minimum absolute atomic E-state index is 0.561. The molecule has 0 amide bonds. The highest BCUT2D eigenvalue weighted by atomic mass is 16.5. The fourth-order valence-corrected chi connectivity index (χ4v) is 1.62. The normalized spacial score (nSPS) is 17.9. The van der Waals surface area contributed by atoms with Crippen molar-refractivity contribution in [2.24, 2.45) is 0 Å². The lowest BCUT2D eigenvalue weighted by atomic mass is 9.80. The van der Waals surface area contributed by atoms with Crippen LogP contribution >= 0.6 is 0 Å². The maximum Gasteiger partial charge on any atom is 0.348 e. The van der Waals surface area contributed by atoms with Crippen molar-refractivity contribution in [3.63, 3.8) is 0 Å². The van der Waals surface area contributed by atoms with Crippen LogP contribution in [-0.2, 0) is 4.79 Å². The third-order valence-electron chi connectivity index (χ3n) is 2.74. The summed E-state index contributed by atoms with van der Waals surface area (Å²) in [6.07, 6.45) is 2.06. The summed E-state index contributed by atoms with van der Waals surface area (Å²) in [6.45, 7) is 0. The van der Waals surface area contributed by atoms with Crippen molar-refractivity contribution in [2.45, 2.75) is 24.9 Å². The highest BCUT2D eigenvalue weighted by Crippen LogP contribution is 2.36. The molecule has 3 N–H and O–H groups in total. The first-order valence-electron chi connectivity index (χ1n) is 4.90. The van der Waals surface area contributed by atoms with Crippen molar-refractivity contribution in [3.8, 4) is 5.75 Å². The molecule has 0 aliphatic heterocycles. The van der Waals surface area contributed by atoms with E-state index in [9.17, 15) is 4.79 Å². The van der Waals surface area contributed by atoms with E-state index in [0.717, 1.165) is 6.42 Å². The number of nitrogens with two attached hydrogens (primary N) is 1. The number of carbonyl (C=O) groups is 1. The summed E-state index contributed by atoms with van der Waals surface area (Å²) in [4.78, 5) is 11.0. The fourth-order valence-electron chi connectivity index (χ4n) is 1.62. The molecule has 0 heterocycles. The van der Waals surface area contributed by atoms with E-state index in [4.69, 9.17) is 15.6 Å². The average molecular weight is 207 g/mol. The van der Waals surface area contributed by atoms with Crippen LogP contribution in [0.3, 0.4) is 0 Å². The molecule has 15 heavy (non-hydrogen) atoms. The van der Waals surface area contributed by atoms with Gasteiger partial charge in [-0.05, 0) is 43.5 Å². The zero-order valence-electron chi connectivity index (χ0n) is 8.27. The molecule has 0 unspecified atom stereocenters. The Balaban J connectivity index is 2.13. The molecule has 4 nitrogen and oxygen atoms in total. The van der Waals surface area contributed by atoms with Gasteiger partial charge >= 0.3 is 5.97 Å². The number of carboxylic acids is 1. The van der Waals surface area contributed by atoms with Gasteiger partial charge in [-0.1, -0.05) is 0 Å². The molecule has 0 radical (unpaired) electrons. The molecule has 1 saturated carbocycles. The van der Waals surface area contributed by atoms with Gasteiger partial charge in [0.2, 0.25) is 5.60 Å². The largest absolute Gasteiger partial charge is 0.478 e. The highest BCUT2D eigenvalue weighted by molar-refractivity contribution is 5.79. The zero-order valence-corrected chi connectivity index (χ0v) is 8.27. The lowest BCUT2D eigenvalue weighted by Crippen LogP contribution is -2.50. The van der Waals surface area contributed by atoms with Crippen LogP contribution in [0, 0.1) is 0 Å². The number of carboxylic acid groups (broad SMARTS) is 1. The molecule has 0 atom stereocenters. The fraction of sp³-hybridized carbons (Fsp3) is 0.364. The molecular formula is C11H13NO3. The standard InChI is InChI=1S/C11H13NO3/c12-8-2-4-9(5-3-8)15-11(10(13)14)6-1-7-11/h2-5H,1,6-7,12H2,(H,13,14). The molecule has 1 fully saturated rings. The molecule has 4 heteroatoms. The van der Waals surface area contributed by atoms with E-state index in [1.165, 1.54) is 0 Å². The number of anilines is 1. The summed E-state index contributed by atoms with van der Waals surface area (Å²) in [5.41, 5.74) is 5.16. The van der Waals surface area contributed by atoms with Crippen molar-refractivity contribution in [3.05, 3.63) is 24.3 Å². The van der Waals surface area contributed by atoms with Crippen LogP contribution in [0.5, 0.6) is 5.75 Å². The molecule has 0 saturated heterocycles. The molecule has 0 spiro atoms. The Labute approximate surface area is 87.7 Å². The summed E-state index contributed by atoms with van der Waals surface area (Å²) in [7, 11) is 0. The monoisotopic (exact) mass is 207 g/mol. The Hall–Kier alpha value is -1.71. The topological polar surface area (TPSA) is 72.5 Å². The molecule has 1 aromatic rings. The van der Waals surface area contributed by atoms with E-state index < -0.39 is 11.6 Å². The average Bonchev–Trinajstić information content (AvgIpc) is 2.13. The van der Waals surface area contributed by atoms with E-state index in [1.807, 2.05) is 0 Å². The maximum absolute atomic E-state index is 11.0. The van der Waals surface area contributed by atoms with Crippen LogP contribution in [-0.4, -0.2) is 16.7 Å². The Morgan fingerprint density at radius 2 is 1.93 bits per heavy atom. The van der Waals surface area contributed by atoms with Crippen LogP contribution in [0.4, 0.5) is 5.69 Å². The van der Waals surface area contributed by atoms with Crippen LogP contribution in [0.15, 0.2) is 24.3 Å². The number of rotatable bonds is 3. The third-order valence-corrected chi connectivity index (χ3v) is 2.74. The molecule has 80 valence electrons. The van der Waals surface area contributed by atoms with E-state index in [-0.39, 0.29) is 0 Å². The van der Waals surface area contributed by atoms with Gasteiger partial charge in [0.1, 0.15) is 5.75 Å². The predicted octanol–water partition coefficient (Wildman–Crippen LogP) is 1.65. The van der Waals surface area contributed by atoms with Gasteiger partial charge < -0.3 is 15.6 Å². The zero-order chi connectivity index (χ0) is 10.9. The quantitative estimate of drug-likeness (QED) is 0.739. The number of aliphatic carboxylic acids is 1. The Morgan fingerprint density at radius 1 is 1.33 bits per heavy atom. The van der Waals surface area contributed by atoms with Crippen LogP contribution < -0.4 is 10.5 Å². The second-order valence-electron chi connectivity index (χ2n) is 3.82. The third kappa shape index (κ3) is 1.75. The minimum atomic E-state index is -1.00. The SMILES string of the molecule is Nc1ccc(OC2(C(=O)O)CCC2)cc1. The first kappa shape index (κ1) is 9.83. The summed E-state index contributed by atoms with van der Waals surface area (Å²) in [6, 6.07) is 6.78. The van der Waals surface area contributed by atoms with Crippen molar-refractivity contribution in [1.29, 1.82) is 0 Å². The van der Waals surface area contributed by atoms with Gasteiger partial charge in [0.05, 0.1) is 0 Å². The van der Waals surface area contributed by atoms with Crippen LogP contribution in [0.25, 0.3) is 0 Å². The Morgan fingerprint density at radius 3 is 2.33 bits per heavy atom. The number of ether oxygens (including phenoxy) is 1. The van der Waals surface area contributed by atoms with E-state index in [2.05, 4.69) is 0 Å². The summed E-state index contributed by atoms with van der Waals surface area (Å²) >= 11 is 0. The predicted molar refractivity (Wildman–Crippen MR) is 55.7 cm³/mol. The van der Waals surface area contributed by atoms with Gasteiger partial charge in [-0.15, -0.1) is 0 Å². The molecule has 0 bridgehead atoms. The second kappa shape index (κ2) is 3.46. The second-order valence-corrected chi connectivity index (χ2v) is 3.82. The van der Waals surface area contributed by atoms with Crippen molar-refractivity contribution in [2.75, 3.05) is 5.73 Å². The first-order valence-corrected chi connectivity index (χ1v) is 4.90. The van der Waals surface area contributed by atoms with Crippen molar-refractivity contribution in [1.82, 2.24) is 0 Å². The summed E-state index contributed by atoms with van der Waals surface area (Å²) in [5, 5.41) is 9.05. The molecule has 2 rings (SSSR count). The molecule has 1 aromatic carbocycles. The van der Waals surface area contributed by atoms with Crippen molar-refractivity contribution < 1.29 is 14.6 Å². The maximum atomic E-state index is 11.0. The molecular weight excluding hydrogens is 194 g/mol. The van der Waals surface area contributed by atoms with Gasteiger partial charge in [0.15, 0.2) is 0 Å². The minimum Gasteiger partial charge on any atom is -0.478 e. The molecule has 0 aromatic heterocycles.